The summed E-state index contributed by atoms with van der Waals surface area (Å²) in [6.07, 6.45) is 0. The molecule has 0 fully saturated rings. The standard InChI is InChI=1S/C29H31N3O5S/c1-15(2)25(30)29(35)37-14-18-7-6-8-22-21(18)11-12-23(31-22)32-28(34)26-16(3)24-19(13-36-5)9-10-20(17(4)33)27(24)38-26/h6-12,15,25H,13-14,30H2,1-5H3,(H,31,32,34). The monoisotopic (exact) mass is 533 g/mol. The molecule has 3 N–H and O–H groups in total. The van der Waals surface area contributed by atoms with Crippen molar-refractivity contribution in [3.63, 3.8) is 0 Å². The first-order valence-electron chi connectivity index (χ1n) is 12.3. The van der Waals surface area contributed by atoms with Crippen molar-refractivity contribution in [1.82, 2.24) is 4.98 Å². The molecule has 0 saturated carbocycles. The van der Waals surface area contributed by atoms with Gasteiger partial charge in [-0.15, -0.1) is 11.3 Å². The molecule has 4 aromatic rings. The molecule has 2 aromatic heterocycles. The quantitative estimate of drug-likeness (QED) is 0.219. The molecule has 2 aromatic carbocycles. The molecule has 38 heavy (non-hydrogen) atoms. The molecule has 0 aliphatic rings. The third-order valence-corrected chi connectivity index (χ3v) is 7.80. The molecule has 1 atom stereocenters. The van der Waals surface area contributed by atoms with Crippen molar-refractivity contribution in [2.45, 2.75) is 47.0 Å². The van der Waals surface area contributed by atoms with Crippen LogP contribution in [0, 0.1) is 12.8 Å². The number of benzene rings is 2. The van der Waals surface area contributed by atoms with E-state index in [1.165, 1.54) is 18.3 Å². The van der Waals surface area contributed by atoms with Gasteiger partial charge in [-0.1, -0.05) is 32.0 Å². The number of fused-ring (bicyclic) bond motifs is 2. The summed E-state index contributed by atoms with van der Waals surface area (Å²) < 4.78 is 11.5. The van der Waals surface area contributed by atoms with Gasteiger partial charge in [0.05, 0.1) is 17.0 Å². The van der Waals surface area contributed by atoms with E-state index in [4.69, 9.17) is 15.2 Å². The molecule has 1 unspecified atom stereocenters. The number of hydrogen-bond acceptors (Lipinski definition) is 8. The predicted octanol–water partition coefficient (Wildman–Crippen LogP) is 5.39. The number of anilines is 1. The lowest BCUT2D eigenvalue weighted by atomic mass is 10.0. The molecule has 2 heterocycles. The Morgan fingerprint density at radius 3 is 2.50 bits per heavy atom. The molecule has 0 aliphatic heterocycles. The number of pyridine rings is 1. The van der Waals surface area contributed by atoms with Crippen LogP contribution in [0.3, 0.4) is 0 Å². The number of ether oxygens (including phenoxy) is 2. The first kappa shape index (κ1) is 27.4. The first-order chi connectivity index (χ1) is 18.1. The molecule has 4 rings (SSSR count). The Labute approximate surface area is 225 Å². The Kier molecular flexibility index (Phi) is 8.20. The largest absolute Gasteiger partial charge is 0.460 e. The Balaban J connectivity index is 1.60. The first-order valence-corrected chi connectivity index (χ1v) is 13.1. The zero-order valence-electron chi connectivity index (χ0n) is 22.1. The maximum absolute atomic E-state index is 13.3. The van der Waals surface area contributed by atoms with Gasteiger partial charge in [0.2, 0.25) is 0 Å². The van der Waals surface area contributed by atoms with Crippen LogP contribution < -0.4 is 11.1 Å². The third kappa shape index (κ3) is 5.45. The van der Waals surface area contributed by atoms with Gasteiger partial charge < -0.3 is 20.5 Å². The molecule has 8 nitrogen and oxygen atoms in total. The van der Waals surface area contributed by atoms with Crippen molar-refractivity contribution in [2.75, 3.05) is 12.4 Å². The zero-order chi connectivity index (χ0) is 27.6. The number of ketones is 1. The normalized spacial score (nSPS) is 12.2. The number of rotatable bonds is 9. The van der Waals surface area contributed by atoms with Gasteiger partial charge >= 0.3 is 5.97 Å². The summed E-state index contributed by atoms with van der Waals surface area (Å²) in [5, 5.41) is 4.57. The molecule has 0 saturated heterocycles. The fourth-order valence-corrected chi connectivity index (χ4v) is 5.62. The van der Waals surface area contributed by atoms with Gasteiger partial charge in [-0.3, -0.25) is 14.4 Å². The molecule has 0 radical (unpaired) electrons. The van der Waals surface area contributed by atoms with Crippen LogP contribution in [0.15, 0.2) is 42.5 Å². The van der Waals surface area contributed by atoms with Crippen LogP contribution in [0.4, 0.5) is 5.82 Å². The number of nitrogens with zero attached hydrogens (tertiary/aromatic N) is 1. The molecule has 0 spiro atoms. The van der Waals surface area contributed by atoms with Crippen LogP contribution in [0.5, 0.6) is 0 Å². The van der Waals surface area contributed by atoms with Gasteiger partial charge in [-0.05, 0) is 60.7 Å². The Morgan fingerprint density at radius 2 is 1.82 bits per heavy atom. The number of nitrogens with one attached hydrogen (secondary N) is 1. The summed E-state index contributed by atoms with van der Waals surface area (Å²) in [7, 11) is 1.61. The van der Waals surface area contributed by atoms with Crippen molar-refractivity contribution in [2.24, 2.45) is 11.7 Å². The smallest absolute Gasteiger partial charge is 0.323 e. The number of aromatic nitrogens is 1. The Morgan fingerprint density at radius 1 is 1.05 bits per heavy atom. The maximum Gasteiger partial charge on any atom is 0.323 e. The average Bonchev–Trinajstić information content (AvgIpc) is 3.24. The lowest BCUT2D eigenvalue weighted by molar-refractivity contribution is -0.147. The van der Waals surface area contributed by atoms with E-state index >= 15 is 0 Å². The highest BCUT2D eigenvalue weighted by atomic mass is 32.1. The number of carbonyl (C=O) groups excluding carboxylic acids is 3. The summed E-state index contributed by atoms with van der Waals surface area (Å²) >= 11 is 1.29. The number of amides is 1. The van der Waals surface area contributed by atoms with E-state index < -0.39 is 12.0 Å². The van der Waals surface area contributed by atoms with Crippen molar-refractivity contribution in [3.05, 3.63) is 69.6 Å². The average molecular weight is 534 g/mol. The number of esters is 1. The molecule has 0 bridgehead atoms. The zero-order valence-corrected chi connectivity index (χ0v) is 22.9. The van der Waals surface area contributed by atoms with Crippen molar-refractivity contribution in [1.29, 1.82) is 0 Å². The van der Waals surface area contributed by atoms with Gasteiger partial charge in [-0.2, -0.15) is 0 Å². The Hall–Kier alpha value is -3.66. The van der Waals surface area contributed by atoms with E-state index in [0.29, 0.717) is 28.4 Å². The van der Waals surface area contributed by atoms with E-state index in [9.17, 15) is 14.4 Å². The SMILES string of the molecule is COCc1ccc(C(C)=O)c2sc(C(=O)Nc3ccc4c(COC(=O)C(N)C(C)C)cccc4n3)c(C)c12. The number of carbonyl (C=O) groups is 3. The van der Waals surface area contributed by atoms with Gasteiger partial charge in [0, 0.05) is 28.1 Å². The minimum atomic E-state index is -0.681. The highest BCUT2D eigenvalue weighted by Gasteiger charge is 2.22. The third-order valence-electron chi connectivity index (χ3n) is 6.47. The van der Waals surface area contributed by atoms with Crippen LogP contribution in [-0.2, 0) is 27.5 Å². The van der Waals surface area contributed by atoms with Crippen LogP contribution in [-0.4, -0.2) is 35.8 Å². The van der Waals surface area contributed by atoms with Crippen molar-refractivity contribution >= 4 is 55.8 Å². The van der Waals surface area contributed by atoms with Gasteiger partial charge in [-0.25, -0.2) is 4.98 Å². The highest BCUT2D eigenvalue weighted by Crippen LogP contribution is 2.37. The van der Waals surface area contributed by atoms with Crippen LogP contribution >= 0.6 is 11.3 Å². The minimum Gasteiger partial charge on any atom is -0.460 e. The summed E-state index contributed by atoms with van der Waals surface area (Å²) in [5.74, 6) is -0.446. The topological polar surface area (TPSA) is 121 Å². The molecular formula is C29H31N3O5S. The molecule has 0 aliphatic carbocycles. The number of nitrogens with two attached hydrogens (primary N) is 1. The highest BCUT2D eigenvalue weighted by molar-refractivity contribution is 7.21. The summed E-state index contributed by atoms with van der Waals surface area (Å²) in [6, 6.07) is 12.0. The minimum absolute atomic E-state index is 0.0203. The molecule has 1 amide bonds. The lowest BCUT2D eigenvalue weighted by Crippen LogP contribution is -2.36. The van der Waals surface area contributed by atoms with Crippen molar-refractivity contribution < 1.29 is 23.9 Å². The van der Waals surface area contributed by atoms with E-state index in [2.05, 4.69) is 10.3 Å². The van der Waals surface area contributed by atoms with E-state index in [0.717, 1.165) is 32.2 Å². The number of thiophene rings is 1. The number of methoxy groups -OCH3 is 1. The summed E-state index contributed by atoms with van der Waals surface area (Å²) in [5.41, 5.74) is 9.62. The van der Waals surface area contributed by atoms with Gasteiger partial charge in [0.15, 0.2) is 5.78 Å². The van der Waals surface area contributed by atoms with Crippen molar-refractivity contribution in [3.8, 4) is 0 Å². The maximum atomic E-state index is 13.3. The predicted molar refractivity (Wildman–Crippen MR) is 150 cm³/mol. The lowest BCUT2D eigenvalue weighted by Gasteiger charge is -2.15. The van der Waals surface area contributed by atoms with Gasteiger partial charge in [0.25, 0.3) is 5.91 Å². The second-order valence-electron chi connectivity index (χ2n) is 9.53. The second kappa shape index (κ2) is 11.4. The second-order valence-corrected chi connectivity index (χ2v) is 10.6. The number of aryl methyl sites for hydroxylation is 1. The van der Waals surface area contributed by atoms with Gasteiger partial charge in [0.1, 0.15) is 18.5 Å². The van der Waals surface area contributed by atoms with E-state index in [1.54, 1.807) is 19.2 Å². The number of hydrogen-bond donors (Lipinski definition) is 2. The van der Waals surface area contributed by atoms with Crippen LogP contribution in [0.2, 0.25) is 0 Å². The summed E-state index contributed by atoms with van der Waals surface area (Å²) in [4.78, 5) is 42.9. The van der Waals surface area contributed by atoms with Crippen LogP contribution in [0.25, 0.3) is 21.0 Å². The fraction of sp³-hybridized carbons (Fsp3) is 0.310. The van der Waals surface area contributed by atoms with Crippen LogP contribution in [0.1, 0.15) is 57.5 Å². The van der Waals surface area contributed by atoms with E-state index in [-0.39, 0.29) is 24.2 Å². The Bertz CT molecular complexity index is 1540. The van der Waals surface area contributed by atoms with E-state index in [1.807, 2.05) is 51.1 Å². The fourth-order valence-electron chi connectivity index (χ4n) is 4.31. The number of Topliss-reactive ketones (excluding diaryl/α,β-unsaturated/α-hetero) is 1. The summed E-state index contributed by atoms with van der Waals surface area (Å²) in [6.45, 7) is 7.58. The molecular weight excluding hydrogens is 502 g/mol. The molecule has 9 heteroatoms. The molecule has 198 valence electrons.